The second-order valence-corrected chi connectivity index (χ2v) is 9.05. The van der Waals surface area contributed by atoms with E-state index in [-0.39, 0.29) is 5.25 Å². The number of rotatable bonds is 8. The zero-order valence-corrected chi connectivity index (χ0v) is 15.1. The molecule has 0 saturated heterocycles. The molecule has 1 heterocycles. The SMILES string of the molecule is CSC(C)CNS(=O)(=O)c1c(C)csc1CNC(C)C. The standard InChI is InChI=1S/C13H24N2O2S3/c1-9(2)14-7-12-13(10(3)8-19-12)20(16,17)15-6-11(4)18-5/h8-9,11,14-15H,6-7H2,1-5H3. The van der Waals surface area contributed by atoms with Crippen LogP contribution in [0.2, 0.25) is 0 Å². The molecule has 1 aromatic heterocycles. The highest BCUT2D eigenvalue weighted by molar-refractivity contribution is 7.99. The Morgan fingerprint density at radius 3 is 2.55 bits per heavy atom. The lowest BCUT2D eigenvalue weighted by molar-refractivity contribution is 0.571. The average Bonchev–Trinajstić information content (AvgIpc) is 2.75. The first-order valence-electron chi connectivity index (χ1n) is 6.60. The van der Waals surface area contributed by atoms with E-state index in [1.807, 2.05) is 39.3 Å². The van der Waals surface area contributed by atoms with Gasteiger partial charge in [0, 0.05) is 29.3 Å². The van der Waals surface area contributed by atoms with Crippen LogP contribution in [0.15, 0.2) is 10.3 Å². The topological polar surface area (TPSA) is 58.2 Å². The smallest absolute Gasteiger partial charge is 0.242 e. The van der Waals surface area contributed by atoms with Gasteiger partial charge in [-0.05, 0) is 24.1 Å². The molecular formula is C13H24N2O2S3. The van der Waals surface area contributed by atoms with E-state index in [9.17, 15) is 8.42 Å². The van der Waals surface area contributed by atoms with Crippen molar-refractivity contribution in [3.63, 3.8) is 0 Å². The average molecular weight is 337 g/mol. The third kappa shape index (κ3) is 5.04. The molecule has 0 bridgehead atoms. The van der Waals surface area contributed by atoms with Gasteiger partial charge in [-0.1, -0.05) is 20.8 Å². The van der Waals surface area contributed by atoms with Gasteiger partial charge in [-0.3, -0.25) is 0 Å². The largest absolute Gasteiger partial charge is 0.310 e. The van der Waals surface area contributed by atoms with Crippen molar-refractivity contribution in [3.05, 3.63) is 15.8 Å². The van der Waals surface area contributed by atoms with E-state index in [2.05, 4.69) is 10.0 Å². The molecule has 0 aliphatic rings. The van der Waals surface area contributed by atoms with E-state index in [1.54, 1.807) is 11.8 Å². The number of aryl methyl sites for hydroxylation is 1. The quantitative estimate of drug-likeness (QED) is 0.766. The minimum Gasteiger partial charge on any atom is -0.310 e. The van der Waals surface area contributed by atoms with Gasteiger partial charge in [0.25, 0.3) is 0 Å². The molecule has 1 atom stereocenters. The maximum absolute atomic E-state index is 12.5. The zero-order chi connectivity index (χ0) is 15.3. The van der Waals surface area contributed by atoms with E-state index >= 15 is 0 Å². The molecule has 0 radical (unpaired) electrons. The lowest BCUT2D eigenvalue weighted by Gasteiger charge is -2.13. The number of thiophene rings is 1. The number of nitrogens with one attached hydrogen (secondary N) is 2. The third-order valence-electron chi connectivity index (χ3n) is 2.89. The fourth-order valence-corrected chi connectivity index (χ4v) is 4.89. The molecule has 1 rings (SSSR count). The summed E-state index contributed by atoms with van der Waals surface area (Å²) in [5.74, 6) is 0. The van der Waals surface area contributed by atoms with Crippen molar-refractivity contribution in [3.8, 4) is 0 Å². The lowest BCUT2D eigenvalue weighted by atomic mass is 10.3. The first-order valence-corrected chi connectivity index (χ1v) is 10.3. The molecule has 0 spiro atoms. The van der Waals surface area contributed by atoms with E-state index in [1.165, 1.54) is 11.3 Å². The summed E-state index contributed by atoms with van der Waals surface area (Å²) in [5, 5.41) is 5.45. The number of thioether (sulfide) groups is 1. The predicted octanol–water partition coefficient (Wildman–Crippen LogP) is 2.58. The monoisotopic (exact) mass is 336 g/mol. The molecule has 0 amide bonds. The van der Waals surface area contributed by atoms with Gasteiger partial charge in [-0.15, -0.1) is 11.3 Å². The van der Waals surface area contributed by atoms with Crippen LogP contribution in [-0.2, 0) is 16.6 Å². The summed E-state index contributed by atoms with van der Waals surface area (Å²) in [6.45, 7) is 9.00. The Labute approximate surface area is 130 Å². The molecule has 4 nitrogen and oxygen atoms in total. The number of hydrogen-bond donors (Lipinski definition) is 2. The van der Waals surface area contributed by atoms with Gasteiger partial charge in [0.2, 0.25) is 10.0 Å². The summed E-state index contributed by atoms with van der Waals surface area (Å²) >= 11 is 3.15. The number of hydrogen-bond acceptors (Lipinski definition) is 5. The molecule has 20 heavy (non-hydrogen) atoms. The Hall–Kier alpha value is -0.0800. The van der Waals surface area contributed by atoms with E-state index in [0.29, 0.717) is 24.0 Å². The first kappa shape index (κ1) is 18.0. The number of sulfonamides is 1. The summed E-state index contributed by atoms with van der Waals surface area (Å²) in [5.41, 5.74) is 0.819. The van der Waals surface area contributed by atoms with Gasteiger partial charge in [-0.25, -0.2) is 13.1 Å². The van der Waals surface area contributed by atoms with E-state index < -0.39 is 10.0 Å². The normalized spacial score (nSPS) is 13.9. The van der Waals surface area contributed by atoms with Crippen molar-refractivity contribution in [1.29, 1.82) is 0 Å². The summed E-state index contributed by atoms with van der Waals surface area (Å²) in [4.78, 5) is 1.32. The fraction of sp³-hybridized carbons (Fsp3) is 0.692. The maximum atomic E-state index is 12.5. The maximum Gasteiger partial charge on any atom is 0.242 e. The molecular weight excluding hydrogens is 312 g/mol. The highest BCUT2D eigenvalue weighted by atomic mass is 32.2. The van der Waals surface area contributed by atoms with Crippen LogP contribution in [0.5, 0.6) is 0 Å². The van der Waals surface area contributed by atoms with Crippen LogP contribution < -0.4 is 10.0 Å². The molecule has 1 unspecified atom stereocenters. The van der Waals surface area contributed by atoms with Gasteiger partial charge in [0.1, 0.15) is 4.90 Å². The first-order chi connectivity index (χ1) is 9.27. The lowest BCUT2D eigenvalue weighted by Crippen LogP contribution is -2.31. The summed E-state index contributed by atoms with van der Waals surface area (Å²) < 4.78 is 27.6. The van der Waals surface area contributed by atoms with Crippen LogP contribution in [0.25, 0.3) is 0 Å². The van der Waals surface area contributed by atoms with Crippen LogP contribution in [0.4, 0.5) is 0 Å². The molecule has 0 saturated carbocycles. The van der Waals surface area contributed by atoms with Crippen LogP contribution in [0.1, 0.15) is 31.2 Å². The van der Waals surface area contributed by atoms with Crippen LogP contribution in [0, 0.1) is 6.92 Å². The van der Waals surface area contributed by atoms with Crippen molar-refractivity contribution >= 4 is 33.1 Å². The van der Waals surface area contributed by atoms with Crippen molar-refractivity contribution < 1.29 is 8.42 Å². The minimum atomic E-state index is -3.42. The molecule has 0 fully saturated rings. The summed E-state index contributed by atoms with van der Waals surface area (Å²) in [7, 11) is -3.42. The Balaban J connectivity index is 2.90. The van der Waals surface area contributed by atoms with Gasteiger partial charge in [-0.2, -0.15) is 11.8 Å². The minimum absolute atomic E-state index is 0.265. The Bertz CT molecular complexity index is 524. The Morgan fingerprint density at radius 1 is 1.35 bits per heavy atom. The van der Waals surface area contributed by atoms with Gasteiger partial charge >= 0.3 is 0 Å². The van der Waals surface area contributed by atoms with Gasteiger partial charge < -0.3 is 5.32 Å². The van der Waals surface area contributed by atoms with Gasteiger partial charge in [0.05, 0.1) is 0 Å². The predicted molar refractivity (Wildman–Crippen MR) is 89.2 cm³/mol. The van der Waals surface area contributed by atoms with Gasteiger partial charge in [0.15, 0.2) is 0 Å². The second-order valence-electron chi connectivity index (χ2n) is 5.10. The molecule has 1 aromatic rings. The highest BCUT2D eigenvalue weighted by Gasteiger charge is 2.23. The summed E-state index contributed by atoms with van der Waals surface area (Å²) in [6.07, 6.45) is 1.98. The van der Waals surface area contributed by atoms with Crippen molar-refractivity contribution in [2.75, 3.05) is 12.8 Å². The molecule has 0 aromatic carbocycles. The summed E-state index contributed by atoms with van der Waals surface area (Å²) in [6, 6.07) is 0.331. The molecule has 0 aliphatic heterocycles. The third-order valence-corrected chi connectivity index (χ3v) is 6.75. The van der Waals surface area contributed by atoms with Crippen molar-refractivity contribution in [2.24, 2.45) is 0 Å². The molecule has 2 N–H and O–H groups in total. The molecule has 7 heteroatoms. The van der Waals surface area contributed by atoms with Crippen molar-refractivity contribution in [2.45, 2.75) is 50.4 Å². The van der Waals surface area contributed by atoms with Crippen molar-refractivity contribution in [1.82, 2.24) is 10.0 Å². The van der Waals surface area contributed by atoms with Crippen LogP contribution >= 0.6 is 23.1 Å². The molecule has 0 aliphatic carbocycles. The van der Waals surface area contributed by atoms with Crippen LogP contribution in [-0.4, -0.2) is 32.5 Å². The second kappa shape index (κ2) is 7.79. The Morgan fingerprint density at radius 2 is 2.00 bits per heavy atom. The van der Waals surface area contributed by atoms with E-state index in [4.69, 9.17) is 0 Å². The van der Waals surface area contributed by atoms with E-state index in [0.717, 1.165) is 10.4 Å². The van der Waals surface area contributed by atoms with Crippen LogP contribution in [0.3, 0.4) is 0 Å². The molecule has 116 valence electrons. The zero-order valence-electron chi connectivity index (χ0n) is 12.7. The Kier molecular flexibility index (Phi) is 7.00. The highest BCUT2D eigenvalue weighted by Crippen LogP contribution is 2.27. The fourth-order valence-electron chi connectivity index (χ4n) is 1.65.